The molecule has 0 aromatic heterocycles. The zero-order valence-corrected chi connectivity index (χ0v) is 39.9. The normalized spacial score (nSPS) is 14.7. The average molecular weight is 896 g/mol. The Balaban J connectivity index is 1.03. The van der Waals surface area contributed by atoms with Gasteiger partial charge in [0.15, 0.2) is 0 Å². The summed E-state index contributed by atoms with van der Waals surface area (Å²) >= 11 is 0. The van der Waals surface area contributed by atoms with Crippen LogP contribution in [0.4, 0.5) is 51.2 Å². The van der Waals surface area contributed by atoms with Crippen molar-refractivity contribution in [1.82, 2.24) is 0 Å². The maximum Gasteiger partial charge on any atom is 0.252 e. The van der Waals surface area contributed by atoms with E-state index in [-0.39, 0.29) is 17.5 Å². The molecule has 4 heteroatoms. The van der Waals surface area contributed by atoms with Gasteiger partial charge in [0.25, 0.3) is 6.71 Å². The summed E-state index contributed by atoms with van der Waals surface area (Å²) in [4.78, 5) is 7.62. The number of anilines is 9. The van der Waals surface area contributed by atoms with E-state index in [0.29, 0.717) is 0 Å². The second-order valence-electron chi connectivity index (χ2n) is 20.4. The fraction of sp³-hybridized carbons (Fsp3) is 0.0909. The molecule has 0 radical (unpaired) electrons. The first-order valence-electron chi connectivity index (χ1n) is 24.7. The van der Waals surface area contributed by atoms with E-state index in [1.807, 2.05) is 0 Å². The lowest BCUT2D eigenvalue weighted by atomic mass is 9.33. The highest BCUT2D eigenvalue weighted by Crippen LogP contribution is 2.56. The van der Waals surface area contributed by atoms with E-state index in [4.69, 9.17) is 0 Å². The minimum absolute atomic E-state index is 0.0159. The molecule has 70 heavy (non-hydrogen) atoms. The predicted molar refractivity (Wildman–Crippen MR) is 296 cm³/mol. The Morgan fingerprint density at radius 2 is 0.914 bits per heavy atom. The van der Waals surface area contributed by atoms with Crippen LogP contribution in [-0.4, -0.2) is 6.71 Å². The molecule has 0 spiro atoms. The Bertz CT molecular complexity index is 3760. The maximum atomic E-state index is 2.59. The summed E-state index contributed by atoms with van der Waals surface area (Å²) in [6.07, 6.45) is 0. The predicted octanol–water partition coefficient (Wildman–Crippen LogP) is 15.5. The van der Waals surface area contributed by atoms with Gasteiger partial charge < -0.3 is 14.7 Å². The third-order valence-corrected chi connectivity index (χ3v) is 16.0. The number of benzene rings is 10. The van der Waals surface area contributed by atoms with Crippen LogP contribution in [0.15, 0.2) is 231 Å². The maximum absolute atomic E-state index is 2.59. The van der Waals surface area contributed by atoms with Gasteiger partial charge in [0.05, 0.1) is 11.4 Å². The summed E-state index contributed by atoms with van der Waals surface area (Å²) in [5, 5.41) is 0. The monoisotopic (exact) mass is 895 g/mol. The molecule has 332 valence electrons. The standard InChI is InChI=1S/C66H50BN3/c1-65(2)52-29-14-11-26-48(52)50-39-37-45(41-54(50)65)69-60-35-20-36-61-64(60)67(55-31-16-18-33-58(55)70(61)59-34-19-28-51-49-27-12-15-30-53(49)66(3,4)63(51)59)56-40-38-46(42-62(56)69)68(44-23-9-6-10-24-44)57-32-17-13-25-47(57)43-21-7-5-8-22-43/h5-42H,1-4H3. The van der Waals surface area contributed by atoms with Gasteiger partial charge in [-0.15, -0.1) is 0 Å². The molecule has 3 nitrogen and oxygen atoms in total. The van der Waals surface area contributed by atoms with Gasteiger partial charge >= 0.3 is 0 Å². The van der Waals surface area contributed by atoms with E-state index in [1.165, 1.54) is 100 Å². The van der Waals surface area contributed by atoms with Crippen molar-refractivity contribution in [3.05, 3.63) is 253 Å². The molecule has 10 aromatic carbocycles. The smallest absolute Gasteiger partial charge is 0.252 e. The van der Waals surface area contributed by atoms with E-state index in [0.717, 1.165) is 22.7 Å². The number of fused-ring (bicyclic) bond motifs is 10. The molecule has 14 rings (SSSR count). The van der Waals surface area contributed by atoms with Gasteiger partial charge in [-0.1, -0.05) is 191 Å². The van der Waals surface area contributed by atoms with Crippen molar-refractivity contribution in [3.63, 3.8) is 0 Å². The summed E-state index contributed by atoms with van der Waals surface area (Å²) in [6, 6.07) is 86.1. The molecule has 2 heterocycles. The van der Waals surface area contributed by atoms with Crippen molar-refractivity contribution in [1.29, 1.82) is 0 Å². The van der Waals surface area contributed by atoms with Crippen molar-refractivity contribution in [3.8, 4) is 33.4 Å². The molecular formula is C66H50BN3. The van der Waals surface area contributed by atoms with Crippen LogP contribution in [0.1, 0.15) is 49.9 Å². The first-order chi connectivity index (χ1) is 34.3. The van der Waals surface area contributed by atoms with E-state index in [1.54, 1.807) is 0 Å². The minimum Gasteiger partial charge on any atom is -0.311 e. The number of hydrogen-bond donors (Lipinski definition) is 0. The summed E-state index contributed by atoms with van der Waals surface area (Å²) in [7, 11) is 0. The molecule has 10 aromatic rings. The Labute approximate surface area is 411 Å². The molecule has 2 aliphatic carbocycles. The van der Waals surface area contributed by atoms with E-state index in [9.17, 15) is 0 Å². The number of hydrogen-bond acceptors (Lipinski definition) is 3. The van der Waals surface area contributed by atoms with Gasteiger partial charge in [-0.05, 0) is 133 Å². The lowest BCUT2D eigenvalue weighted by Crippen LogP contribution is -2.61. The van der Waals surface area contributed by atoms with E-state index >= 15 is 0 Å². The van der Waals surface area contributed by atoms with Gasteiger partial charge in [0.1, 0.15) is 0 Å². The van der Waals surface area contributed by atoms with Gasteiger partial charge in [0, 0.05) is 56.2 Å². The minimum atomic E-state index is -0.198. The molecule has 0 N–H and O–H groups in total. The summed E-state index contributed by atoms with van der Waals surface area (Å²) in [5.41, 5.74) is 27.2. The Kier molecular flexibility index (Phi) is 8.77. The summed E-state index contributed by atoms with van der Waals surface area (Å²) in [5.74, 6) is 0. The number of nitrogens with zero attached hydrogens (tertiary/aromatic N) is 3. The van der Waals surface area contributed by atoms with Crippen molar-refractivity contribution in [2.75, 3.05) is 14.7 Å². The molecule has 4 aliphatic rings. The molecule has 0 unspecified atom stereocenters. The van der Waals surface area contributed by atoms with Crippen LogP contribution >= 0.6 is 0 Å². The summed E-state index contributed by atoms with van der Waals surface area (Å²) in [6.45, 7) is 9.57. The Morgan fingerprint density at radius 1 is 0.357 bits per heavy atom. The Hall–Kier alpha value is -8.34. The van der Waals surface area contributed by atoms with Gasteiger partial charge in [-0.3, -0.25) is 0 Å². The fourth-order valence-corrected chi connectivity index (χ4v) is 12.9. The van der Waals surface area contributed by atoms with Crippen LogP contribution < -0.4 is 31.1 Å². The molecule has 0 fully saturated rings. The molecule has 2 aliphatic heterocycles. The number of para-hydroxylation sites is 3. The molecule has 0 saturated carbocycles. The summed E-state index contributed by atoms with van der Waals surface area (Å²) < 4.78 is 0. The van der Waals surface area contributed by atoms with Gasteiger partial charge in [0.2, 0.25) is 0 Å². The second-order valence-corrected chi connectivity index (χ2v) is 20.4. The third-order valence-electron chi connectivity index (χ3n) is 16.0. The third kappa shape index (κ3) is 5.71. The van der Waals surface area contributed by atoms with E-state index < -0.39 is 0 Å². The van der Waals surface area contributed by atoms with Crippen LogP contribution in [0, 0.1) is 0 Å². The quantitative estimate of drug-likeness (QED) is 0.154. The molecule has 0 bridgehead atoms. The van der Waals surface area contributed by atoms with Crippen molar-refractivity contribution in [2.45, 2.75) is 38.5 Å². The van der Waals surface area contributed by atoms with Crippen molar-refractivity contribution < 1.29 is 0 Å². The van der Waals surface area contributed by atoms with Gasteiger partial charge in [-0.2, -0.15) is 0 Å². The van der Waals surface area contributed by atoms with Crippen molar-refractivity contribution >= 4 is 74.3 Å². The highest BCUT2D eigenvalue weighted by molar-refractivity contribution is 7.00. The lowest BCUT2D eigenvalue weighted by molar-refractivity contribution is 0.660. The van der Waals surface area contributed by atoms with E-state index in [2.05, 4.69) is 273 Å². The molecule has 0 saturated heterocycles. The van der Waals surface area contributed by atoms with Crippen LogP contribution in [0.5, 0.6) is 0 Å². The number of rotatable bonds is 6. The van der Waals surface area contributed by atoms with Crippen LogP contribution in [0.2, 0.25) is 0 Å². The largest absolute Gasteiger partial charge is 0.311 e. The first kappa shape index (κ1) is 40.7. The van der Waals surface area contributed by atoms with Gasteiger partial charge in [-0.25, -0.2) is 0 Å². The highest BCUT2D eigenvalue weighted by atomic mass is 15.2. The van der Waals surface area contributed by atoms with Crippen LogP contribution in [0.25, 0.3) is 33.4 Å². The zero-order chi connectivity index (χ0) is 46.9. The highest BCUT2D eigenvalue weighted by Gasteiger charge is 2.46. The fourth-order valence-electron chi connectivity index (χ4n) is 12.9. The molecule has 0 atom stereocenters. The second kappa shape index (κ2) is 15.1. The van der Waals surface area contributed by atoms with Crippen molar-refractivity contribution in [2.24, 2.45) is 0 Å². The molecule has 0 amide bonds. The Morgan fingerprint density at radius 3 is 1.70 bits per heavy atom. The molecular weight excluding hydrogens is 846 g/mol. The topological polar surface area (TPSA) is 9.72 Å². The lowest BCUT2D eigenvalue weighted by Gasteiger charge is -2.45. The SMILES string of the molecule is CC1(C)c2ccccc2-c2ccc(N3c4cc(N(c5ccccc5)c5ccccc5-c5ccccc5)ccc4B4c5ccccc5N(c5cccc6c5C(C)(C)c5ccccc5-6)c5cccc3c54)cc21. The van der Waals surface area contributed by atoms with Crippen LogP contribution in [-0.2, 0) is 10.8 Å². The van der Waals surface area contributed by atoms with Crippen LogP contribution in [0.3, 0.4) is 0 Å². The first-order valence-corrected chi connectivity index (χ1v) is 24.7. The average Bonchev–Trinajstić information content (AvgIpc) is 3.78. The zero-order valence-electron chi connectivity index (χ0n) is 39.9.